The molecule has 3 unspecified atom stereocenters. The maximum atomic E-state index is 3.91. The molecule has 6 rings (SSSR count). The fraction of sp³-hybridized carbons (Fsp3) is 0.200. The van der Waals surface area contributed by atoms with Crippen LogP contribution >= 0.6 is 0 Å². The summed E-state index contributed by atoms with van der Waals surface area (Å²) in [7, 11) is 0. The largest absolute Gasteiger partial charge is 0.363 e. The molecule has 2 aliphatic carbocycles. The minimum absolute atomic E-state index is 0.160. The average molecular weight is 483 g/mol. The molecular formula is C35H34N2. The number of rotatable bonds is 4. The molecular weight excluding hydrogens is 448 g/mol. The Morgan fingerprint density at radius 1 is 0.865 bits per heavy atom. The van der Waals surface area contributed by atoms with E-state index in [0.29, 0.717) is 11.8 Å². The predicted octanol–water partition coefficient (Wildman–Crippen LogP) is 9.36. The number of nitrogens with one attached hydrogen (secondary N) is 1. The lowest BCUT2D eigenvalue weighted by atomic mass is 9.78. The Labute approximate surface area is 220 Å². The zero-order valence-electron chi connectivity index (χ0n) is 21.9. The van der Waals surface area contributed by atoms with E-state index in [4.69, 9.17) is 0 Å². The number of fused-ring (bicyclic) bond motifs is 2. The van der Waals surface area contributed by atoms with E-state index >= 15 is 0 Å². The molecule has 37 heavy (non-hydrogen) atoms. The van der Waals surface area contributed by atoms with Gasteiger partial charge < -0.3 is 10.2 Å². The Bertz CT molecular complexity index is 1530. The second-order valence-corrected chi connectivity index (χ2v) is 10.2. The summed E-state index contributed by atoms with van der Waals surface area (Å²) in [5, 5.41) is 6.54. The maximum absolute atomic E-state index is 3.91. The summed E-state index contributed by atoms with van der Waals surface area (Å²) in [5.74, 6) is 0.745. The van der Waals surface area contributed by atoms with Crippen LogP contribution in [0.4, 0.5) is 11.4 Å². The molecule has 2 heteroatoms. The minimum Gasteiger partial charge on any atom is -0.363 e. The van der Waals surface area contributed by atoms with Gasteiger partial charge in [-0.3, -0.25) is 0 Å². The number of nitrogens with zero attached hydrogens (tertiary/aromatic N) is 1. The summed E-state index contributed by atoms with van der Waals surface area (Å²) < 4.78 is 0. The van der Waals surface area contributed by atoms with E-state index in [0.717, 1.165) is 6.42 Å². The number of hydrogen-bond acceptors (Lipinski definition) is 2. The van der Waals surface area contributed by atoms with Gasteiger partial charge in [0.1, 0.15) is 6.17 Å². The topological polar surface area (TPSA) is 15.3 Å². The molecule has 0 fully saturated rings. The van der Waals surface area contributed by atoms with Crippen LogP contribution in [0.1, 0.15) is 44.2 Å². The number of hydrogen-bond donors (Lipinski definition) is 1. The van der Waals surface area contributed by atoms with Crippen molar-refractivity contribution < 1.29 is 0 Å². The van der Waals surface area contributed by atoms with Gasteiger partial charge in [-0.05, 0) is 59.2 Å². The zero-order valence-corrected chi connectivity index (χ0v) is 21.9. The van der Waals surface area contributed by atoms with Crippen LogP contribution in [0.5, 0.6) is 0 Å². The van der Waals surface area contributed by atoms with Gasteiger partial charge in [0.25, 0.3) is 0 Å². The fourth-order valence-corrected chi connectivity index (χ4v) is 6.12. The molecule has 184 valence electrons. The molecule has 0 aromatic heterocycles. The van der Waals surface area contributed by atoms with Crippen molar-refractivity contribution in [2.24, 2.45) is 5.92 Å². The summed E-state index contributed by atoms with van der Waals surface area (Å²) >= 11 is 0. The molecule has 3 aromatic carbocycles. The molecule has 1 aliphatic heterocycles. The Balaban J connectivity index is 1.71. The average Bonchev–Trinajstić information content (AvgIpc) is 3.08. The molecule has 0 spiro atoms. The van der Waals surface area contributed by atoms with Gasteiger partial charge in [-0.1, -0.05) is 116 Å². The van der Waals surface area contributed by atoms with E-state index in [1.807, 2.05) is 0 Å². The van der Waals surface area contributed by atoms with E-state index in [1.54, 1.807) is 0 Å². The summed E-state index contributed by atoms with van der Waals surface area (Å²) in [6, 6.07) is 17.9. The van der Waals surface area contributed by atoms with Crippen LogP contribution in [-0.2, 0) is 0 Å². The van der Waals surface area contributed by atoms with Crippen LogP contribution in [0.2, 0.25) is 0 Å². The van der Waals surface area contributed by atoms with Crippen LogP contribution in [-0.4, -0.2) is 6.17 Å². The third-order valence-electron chi connectivity index (χ3n) is 7.82. The highest BCUT2D eigenvalue weighted by Crippen LogP contribution is 2.54. The Hall–Kier alpha value is -4.04. The molecule has 2 nitrogen and oxygen atoms in total. The van der Waals surface area contributed by atoms with E-state index in [2.05, 4.69) is 146 Å². The van der Waals surface area contributed by atoms with Crippen LogP contribution < -0.4 is 10.2 Å². The first-order valence-electron chi connectivity index (χ1n) is 13.4. The first kappa shape index (κ1) is 23.4. The lowest BCUT2D eigenvalue weighted by molar-refractivity contribution is 0.640. The van der Waals surface area contributed by atoms with Crippen molar-refractivity contribution in [1.29, 1.82) is 0 Å². The Kier molecular flexibility index (Phi) is 6.18. The zero-order chi connectivity index (χ0) is 25.4. The van der Waals surface area contributed by atoms with Gasteiger partial charge in [-0.15, -0.1) is 0 Å². The molecule has 1 N–H and O–H groups in total. The molecule has 0 saturated carbocycles. The highest BCUT2D eigenvalue weighted by Gasteiger charge is 2.35. The molecule has 0 amide bonds. The minimum atomic E-state index is 0.160. The van der Waals surface area contributed by atoms with E-state index in [1.165, 1.54) is 50.0 Å². The van der Waals surface area contributed by atoms with Crippen molar-refractivity contribution in [3.63, 3.8) is 0 Å². The molecule has 0 bridgehead atoms. The lowest BCUT2D eigenvalue weighted by Crippen LogP contribution is -2.27. The fourth-order valence-electron chi connectivity index (χ4n) is 6.12. The number of allylic oxidation sites excluding steroid dienone is 11. The molecule has 3 aromatic rings. The lowest BCUT2D eigenvalue weighted by Gasteiger charge is -2.28. The van der Waals surface area contributed by atoms with Gasteiger partial charge >= 0.3 is 0 Å². The van der Waals surface area contributed by atoms with Crippen LogP contribution in [0.15, 0.2) is 115 Å². The molecule has 3 atom stereocenters. The molecule has 0 radical (unpaired) electrons. The predicted molar refractivity (Wildman–Crippen MR) is 161 cm³/mol. The van der Waals surface area contributed by atoms with Crippen LogP contribution in [0.3, 0.4) is 0 Å². The van der Waals surface area contributed by atoms with Crippen molar-refractivity contribution in [3.8, 4) is 11.1 Å². The van der Waals surface area contributed by atoms with Crippen LogP contribution in [0.25, 0.3) is 27.5 Å². The van der Waals surface area contributed by atoms with Gasteiger partial charge in [-0.2, -0.15) is 0 Å². The van der Waals surface area contributed by atoms with Crippen molar-refractivity contribution in [1.82, 2.24) is 0 Å². The SMILES string of the molecule is C/C=C\N1c2c(c(C3C=CC=CC3C)c3ccccc3c2-c2ccccc2C2=CCC=CC=C2)NC1C. The monoisotopic (exact) mass is 482 g/mol. The quantitative estimate of drug-likeness (QED) is 0.398. The Morgan fingerprint density at radius 3 is 2.43 bits per heavy atom. The van der Waals surface area contributed by atoms with Gasteiger partial charge in [0.05, 0.1) is 11.4 Å². The van der Waals surface area contributed by atoms with Crippen molar-refractivity contribution in [2.45, 2.75) is 39.3 Å². The first-order chi connectivity index (χ1) is 18.2. The number of benzene rings is 3. The second-order valence-electron chi connectivity index (χ2n) is 10.2. The second kappa shape index (κ2) is 9.78. The third-order valence-corrected chi connectivity index (χ3v) is 7.82. The first-order valence-corrected chi connectivity index (χ1v) is 13.4. The summed E-state index contributed by atoms with van der Waals surface area (Å²) in [5.41, 5.74) is 9.06. The van der Waals surface area contributed by atoms with Gasteiger partial charge in [0.2, 0.25) is 0 Å². The molecule has 0 saturated heterocycles. The maximum Gasteiger partial charge on any atom is 0.100 e. The van der Waals surface area contributed by atoms with Gasteiger partial charge in [-0.25, -0.2) is 0 Å². The van der Waals surface area contributed by atoms with E-state index in [9.17, 15) is 0 Å². The highest BCUT2D eigenvalue weighted by atomic mass is 15.3. The standard InChI is InChI=1S/C35H34N2/c1-4-23-37-25(3)36-34-32(27-18-10-9-15-24(27)2)30-21-13-14-22-31(30)33(35(34)37)29-20-12-11-19-28(29)26-16-7-5-6-8-17-26/h4-7,9-25,27,36H,8H2,1-3H3/b23-4-. The van der Waals surface area contributed by atoms with Gasteiger partial charge in [0.15, 0.2) is 0 Å². The van der Waals surface area contributed by atoms with Crippen molar-refractivity contribution in [3.05, 3.63) is 127 Å². The van der Waals surface area contributed by atoms with Crippen molar-refractivity contribution in [2.75, 3.05) is 10.2 Å². The normalized spacial score (nSPS) is 22.4. The summed E-state index contributed by atoms with van der Waals surface area (Å²) in [6.07, 6.45) is 25.6. The third kappa shape index (κ3) is 3.97. The van der Waals surface area contributed by atoms with Crippen LogP contribution in [0, 0.1) is 5.92 Å². The molecule has 3 aliphatic rings. The number of anilines is 2. The molecule has 1 heterocycles. The summed E-state index contributed by atoms with van der Waals surface area (Å²) in [4.78, 5) is 2.42. The highest BCUT2D eigenvalue weighted by molar-refractivity contribution is 6.13. The van der Waals surface area contributed by atoms with Gasteiger partial charge in [0, 0.05) is 17.7 Å². The van der Waals surface area contributed by atoms with Crippen molar-refractivity contribution >= 4 is 27.7 Å². The summed E-state index contributed by atoms with van der Waals surface area (Å²) in [6.45, 7) is 6.69. The van der Waals surface area contributed by atoms with E-state index in [-0.39, 0.29) is 6.17 Å². The smallest absolute Gasteiger partial charge is 0.100 e. The van der Waals surface area contributed by atoms with E-state index < -0.39 is 0 Å². The Morgan fingerprint density at radius 2 is 1.62 bits per heavy atom.